The molecule has 0 saturated carbocycles. The van der Waals surface area contributed by atoms with Gasteiger partial charge in [0.25, 0.3) is 0 Å². The van der Waals surface area contributed by atoms with E-state index in [1.807, 2.05) is 30.3 Å². The summed E-state index contributed by atoms with van der Waals surface area (Å²) in [5.41, 5.74) is 1.80. The molecule has 18 heavy (non-hydrogen) atoms. The number of hydrogen-bond acceptors (Lipinski definition) is 3. The Morgan fingerprint density at radius 1 is 1.28 bits per heavy atom. The number of halogens is 1. The molecule has 0 saturated heterocycles. The number of ether oxygens (including phenoxy) is 1. The Kier molecular flexibility index (Phi) is 4.65. The topological polar surface area (TPSA) is 35.3 Å². The molecule has 4 heteroatoms. The molecule has 0 atom stereocenters. The SMILES string of the molecule is CCCCOc1ccc(-c2cc(CCl)on2)cc1. The van der Waals surface area contributed by atoms with E-state index in [9.17, 15) is 0 Å². The van der Waals surface area contributed by atoms with Crippen LogP contribution in [-0.4, -0.2) is 11.8 Å². The quantitative estimate of drug-likeness (QED) is 0.578. The van der Waals surface area contributed by atoms with Crippen LogP contribution in [0, 0.1) is 0 Å². The number of rotatable bonds is 6. The third-order valence-corrected chi connectivity index (χ3v) is 2.87. The molecule has 0 unspecified atom stereocenters. The second-order valence-corrected chi connectivity index (χ2v) is 4.31. The highest BCUT2D eigenvalue weighted by molar-refractivity contribution is 6.16. The molecule has 0 N–H and O–H groups in total. The van der Waals surface area contributed by atoms with Crippen molar-refractivity contribution in [2.24, 2.45) is 0 Å². The van der Waals surface area contributed by atoms with Crippen molar-refractivity contribution in [3.05, 3.63) is 36.1 Å². The monoisotopic (exact) mass is 265 g/mol. The van der Waals surface area contributed by atoms with Crippen molar-refractivity contribution in [3.63, 3.8) is 0 Å². The van der Waals surface area contributed by atoms with Crippen LogP contribution in [0.2, 0.25) is 0 Å². The Morgan fingerprint density at radius 2 is 2.06 bits per heavy atom. The van der Waals surface area contributed by atoms with Gasteiger partial charge in [0.1, 0.15) is 11.4 Å². The Balaban J connectivity index is 2.02. The second-order valence-electron chi connectivity index (χ2n) is 4.04. The third kappa shape index (κ3) is 3.26. The smallest absolute Gasteiger partial charge is 0.152 e. The van der Waals surface area contributed by atoms with Crippen LogP contribution in [0.4, 0.5) is 0 Å². The van der Waals surface area contributed by atoms with Gasteiger partial charge in [-0.3, -0.25) is 0 Å². The molecule has 1 aromatic carbocycles. The summed E-state index contributed by atoms with van der Waals surface area (Å²) in [6.07, 6.45) is 2.21. The first-order valence-electron chi connectivity index (χ1n) is 6.08. The van der Waals surface area contributed by atoms with E-state index in [1.165, 1.54) is 0 Å². The first kappa shape index (κ1) is 13.0. The predicted octanol–water partition coefficient (Wildman–Crippen LogP) is 4.26. The fraction of sp³-hybridized carbons (Fsp3) is 0.357. The minimum absolute atomic E-state index is 0.339. The summed E-state index contributed by atoms with van der Waals surface area (Å²) in [5.74, 6) is 1.90. The molecular weight excluding hydrogens is 250 g/mol. The van der Waals surface area contributed by atoms with Gasteiger partial charge in [0.2, 0.25) is 0 Å². The average Bonchev–Trinajstić information content (AvgIpc) is 2.89. The maximum atomic E-state index is 5.67. The number of alkyl halides is 1. The highest BCUT2D eigenvalue weighted by Crippen LogP contribution is 2.22. The molecule has 1 heterocycles. The van der Waals surface area contributed by atoms with E-state index >= 15 is 0 Å². The number of nitrogens with zero attached hydrogens (tertiary/aromatic N) is 1. The van der Waals surface area contributed by atoms with Gasteiger partial charge in [0.15, 0.2) is 5.76 Å². The minimum Gasteiger partial charge on any atom is -0.494 e. The van der Waals surface area contributed by atoms with Crippen LogP contribution in [0.3, 0.4) is 0 Å². The lowest BCUT2D eigenvalue weighted by atomic mass is 10.1. The zero-order valence-electron chi connectivity index (χ0n) is 10.4. The average molecular weight is 266 g/mol. The van der Waals surface area contributed by atoms with Crippen molar-refractivity contribution in [2.45, 2.75) is 25.6 Å². The van der Waals surface area contributed by atoms with Crippen molar-refractivity contribution in [3.8, 4) is 17.0 Å². The molecular formula is C14H16ClNO2. The van der Waals surface area contributed by atoms with Crippen molar-refractivity contribution in [1.82, 2.24) is 5.16 Å². The van der Waals surface area contributed by atoms with E-state index in [4.69, 9.17) is 20.9 Å². The summed E-state index contributed by atoms with van der Waals surface area (Å²) in [6, 6.07) is 9.67. The summed E-state index contributed by atoms with van der Waals surface area (Å²) in [5, 5.41) is 3.96. The van der Waals surface area contributed by atoms with E-state index < -0.39 is 0 Å². The number of aromatic nitrogens is 1. The van der Waals surface area contributed by atoms with Gasteiger partial charge in [-0.15, -0.1) is 11.6 Å². The Labute approximate surface area is 112 Å². The van der Waals surface area contributed by atoms with E-state index in [0.717, 1.165) is 36.5 Å². The molecule has 1 aromatic heterocycles. The lowest BCUT2D eigenvalue weighted by molar-refractivity contribution is 0.309. The van der Waals surface area contributed by atoms with Crippen LogP contribution in [-0.2, 0) is 5.88 Å². The molecule has 0 radical (unpaired) electrons. The van der Waals surface area contributed by atoms with Gasteiger partial charge in [-0.2, -0.15) is 0 Å². The van der Waals surface area contributed by atoms with Gasteiger partial charge >= 0.3 is 0 Å². The summed E-state index contributed by atoms with van der Waals surface area (Å²) < 4.78 is 10.7. The molecule has 0 amide bonds. The predicted molar refractivity (Wildman–Crippen MR) is 71.9 cm³/mol. The molecule has 96 valence electrons. The summed E-state index contributed by atoms with van der Waals surface area (Å²) >= 11 is 5.67. The first-order valence-corrected chi connectivity index (χ1v) is 6.61. The lowest BCUT2D eigenvalue weighted by Crippen LogP contribution is -1.95. The zero-order chi connectivity index (χ0) is 12.8. The summed E-state index contributed by atoms with van der Waals surface area (Å²) in [7, 11) is 0. The fourth-order valence-corrected chi connectivity index (χ4v) is 1.69. The van der Waals surface area contributed by atoms with E-state index in [0.29, 0.717) is 11.6 Å². The van der Waals surface area contributed by atoms with E-state index in [1.54, 1.807) is 0 Å². The van der Waals surface area contributed by atoms with Crippen molar-refractivity contribution >= 4 is 11.6 Å². The molecule has 0 aliphatic carbocycles. The van der Waals surface area contributed by atoms with Crippen molar-refractivity contribution in [1.29, 1.82) is 0 Å². The molecule has 0 aliphatic heterocycles. The number of unbranched alkanes of at least 4 members (excludes halogenated alkanes) is 1. The van der Waals surface area contributed by atoms with Gasteiger partial charge in [-0.25, -0.2) is 0 Å². The van der Waals surface area contributed by atoms with Gasteiger partial charge < -0.3 is 9.26 Å². The fourth-order valence-electron chi connectivity index (χ4n) is 1.57. The Hall–Kier alpha value is -1.48. The third-order valence-electron chi connectivity index (χ3n) is 2.61. The lowest BCUT2D eigenvalue weighted by Gasteiger charge is -2.05. The molecule has 0 fully saturated rings. The van der Waals surface area contributed by atoms with Crippen LogP contribution >= 0.6 is 11.6 Å². The van der Waals surface area contributed by atoms with Gasteiger partial charge in [0, 0.05) is 11.6 Å². The summed E-state index contributed by atoms with van der Waals surface area (Å²) in [6.45, 7) is 2.90. The maximum absolute atomic E-state index is 5.67. The van der Waals surface area contributed by atoms with Gasteiger partial charge in [-0.05, 0) is 30.7 Å². The first-order chi connectivity index (χ1) is 8.83. The minimum atomic E-state index is 0.339. The summed E-state index contributed by atoms with van der Waals surface area (Å²) in [4.78, 5) is 0. The van der Waals surface area contributed by atoms with Gasteiger partial charge in [0.05, 0.1) is 12.5 Å². The Morgan fingerprint density at radius 3 is 2.67 bits per heavy atom. The highest BCUT2D eigenvalue weighted by Gasteiger charge is 2.05. The molecule has 0 aliphatic rings. The van der Waals surface area contributed by atoms with Crippen molar-refractivity contribution < 1.29 is 9.26 Å². The largest absolute Gasteiger partial charge is 0.494 e. The standard InChI is InChI=1S/C14H16ClNO2/c1-2-3-8-17-12-6-4-11(5-7-12)14-9-13(10-15)18-16-14/h4-7,9H,2-3,8,10H2,1H3. The highest BCUT2D eigenvalue weighted by atomic mass is 35.5. The molecule has 2 aromatic rings. The molecule has 0 bridgehead atoms. The van der Waals surface area contributed by atoms with E-state index in [-0.39, 0.29) is 0 Å². The second kappa shape index (κ2) is 6.45. The van der Waals surface area contributed by atoms with Crippen molar-refractivity contribution in [2.75, 3.05) is 6.61 Å². The molecule has 3 nitrogen and oxygen atoms in total. The number of hydrogen-bond donors (Lipinski definition) is 0. The van der Waals surface area contributed by atoms with E-state index in [2.05, 4.69) is 12.1 Å². The van der Waals surface area contributed by atoms with Crippen LogP contribution in [0.15, 0.2) is 34.9 Å². The van der Waals surface area contributed by atoms with Crippen LogP contribution in [0.1, 0.15) is 25.5 Å². The van der Waals surface area contributed by atoms with Crippen LogP contribution < -0.4 is 4.74 Å². The zero-order valence-corrected chi connectivity index (χ0v) is 11.1. The van der Waals surface area contributed by atoms with Crippen LogP contribution in [0.5, 0.6) is 5.75 Å². The molecule has 0 spiro atoms. The van der Waals surface area contributed by atoms with Gasteiger partial charge in [-0.1, -0.05) is 18.5 Å². The maximum Gasteiger partial charge on any atom is 0.152 e. The van der Waals surface area contributed by atoms with Crippen LogP contribution in [0.25, 0.3) is 11.3 Å². The Bertz CT molecular complexity index is 479. The number of benzene rings is 1. The molecule has 2 rings (SSSR count). The normalized spacial score (nSPS) is 10.6.